The monoisotopic (exact) mass is 228 g/mol. The van der Waals surface area contributed by atoms with Crippen molar-refractivity contribution in [3.63, 3.8) is 0 Å². The Bertz CT molecular complexity index is 338. The van der Waals surface area contributed by atoms with E-state index in [1.807, 2.05) is 25.1 Å². The molecular formula is C11H13ClO3. The molecule has 82 valence electrons. The van der Waals surface area contributed by atoms with Crippen molar-refractivity contribution in [1.82, 2.24) is 0 Å². The lowest BCUT2D eigenvalue weighted by Gasteiger charge is -2.13. The van der Waals surface area contributed by atoms with Crippen LogP contribution in [0.25, 0.3) is 0 Å². The van der Waals surface area contributed by atoms with Gasteiger partial charge in [-0.1, -0.05) is 29.8 Å². The van der Waals surface area contributed by atoms with E-state index in [2.05, 4.69) is 4.74 Å². The summed E-state index contributed by atoms with van der Waals surface area (Å²) in [6, 6.07) is 7.37. The van der Waals surface area contributed by atoms with Crippen LogP contribution in [0.4, 0.5) is 0 Å². The molecule has 0 spiro atoms. The van der Waals surface area contributed by atoms with E-state index in [1.165, 1.54) is 7.11 Å². The summed E-state index contributed by atoms with van der Waals surface area (Å²) in [5.74, 6) is -0.395. The van der Waals surface area contributed by atoms with Gasteiger partial charge < -0.3 is 9.47 Å². The number of rotatable bonds is 4. The number of esters is 1. The second-order valence-electron chi connectivity index (χ2n) is 3.05. The smallest absolute Gasteiger partial charge is 0.331 e. The van der Waals surface area contributed by atoms with Crippen LogP contribution in [-0.2, 0) is 14.3 Å². The molecule has 0 bridgehead atoms. The summed E-state index contributed by atoms with van der Waals surface area (Å²) in [5, 5.41) is 0.634. The van der Waals surface area contributed by atoms with Gasteiger partial charge in [-0.15, -0.1) is 0 Å². The predicted octanol–water partition coefficient (Wildman–Crippen LogP) is 2.59. The molecule has 3 nitrogen and oxygen atoms in total. The van der Waals surface area contributed by atoms with Gasteiger partial charge in [0.15, 0.2) is 0 Å². The van der Waals surface area contributed by atoms with Gasteiger partial charge in [-0.3, -0.25) is 0 Å². The fourth-order valence-electron chi connectivity index (χ4n) is 1.15. The lowest BCUT2D eigenvalue weighted by atomic mass is 10.1. The van der Waals surface area contributed by atoms with Crippen molar-refractivity contribution in [2.24, 2.45) is 0 Å². The van der Waals surface area contributed by atoms with Gasteiger partial charge in [-0.25, -0.2) is 4.79 Å². The lowest BCUT2D eigenvalue weighted by molar-refractivity contribution is -0.147. The average Bonchev–Trinajstić information content (AvgIpc) is 2.26. The van der Waals surface area contributed by atoms with Crippen molar-refractivity contribution < 1.29 is 14.3 Å². The van der Waals surface area contributed by atoms with E-state index in [9.17, 15) is 4.79 Å². The van der Waals surface area contributed by atoms with E-state index in [4.69, 9.17) is 16.3 Å². The fourth-order valence-corrected chi connectivity index (χ4v) is 1.44. The van der Waals surface area contributed by atoms with Gasteiger partial charge in [-0.2, -0.15) is 0 Å². The topological polar surface area (TPSA) is 35.5 Å². The Labute approximate surface area is 93.9 Å². The Kier molecular flexibility index (Phi) is 4.59. The number of benzene rings is 1. The summed E-state index contributed by atoms with van der Waals surface area (Å²) in [5.41, 5.74) is 0.864. The van der Waals surface area contributed by atoms with Crippen molar-refractivity contribution in [2.75, 3.05) is 13.7 Å². The Morgan fingerprint density at radius 1 is 1.47 bits per heavy atom. The molecule has 0 heterocycles. The molecule has 1 aromatic rings. The van der Waals surface area contributed by atoms with Crippen LogP contribution in [0.1, 0.15) is 18.6 Å². The van der Waals surface area contributed by atoms with Crippen LogP contribution in [0.2, 0.25) is 5.02 Å². The molecule has 1 rings (SSSR count). The number of halogens is 1. The van der Waals surface area contributed by atoms with Crippen molar-refractivity contribution >= 4 is 17.6 Å². The average molecular weight is 229 g/mol. The highest BCUT2D eigenvalue weighted by molar-refractivity contribution is 6.31. The zero-order chi connectivity index (χ0) is 11.3. The van der Waals surface area contributed by atoms with E-state index >= 15 is 0 Å². The first-order valence-corrected chi connectivity index (χ1v) is 4.95. The molecule has 0 fully saturated rings. The molecule has 0 aliphatic rings. The van der Waals surface area contributed by atoms with E-state index < -0.39 is 5.97 Å². The van der Waals surface area contributed by atoms with Crippen molar-refractivity contribution in [2.45, 2.75) is 13.0 Å². The van der Waals surface area contributed by atoms with Crippen LogP contribution in [-0.4, -0.2) is 19.7 Å². The first kappa shape index (κ1) is 12.0. The Morgan fingerprint density at radius 2 is 2.13 bits per heavy atom. The summed E-state index contributed by atoms with van der Waals surface area (Å²) in [6.45, 7) is 1.77. The molecule has 0 N–H and O–H groups in total. The highest BCUT2D eigenvalue weighted by Gasteiger charge is 2.11. The van der Waals surface area contributed by atoms with Gasteiger partial charge in [0.25, 0.3) is 0 Å². The first-order chi connectivity index (χ1) is 7.15. The zero-order valence-corrected chi connectivity index (χ0v) is 9.45. The molecular weight excluding hydrogens is 216 g/mol. The summed E-state index contributed by atoms with van der Waals surface area (Å²) in [6.07, 6.45) is -0.224. The maximum atomic E-state index is 10.9. The molecule has 0 aliphatic carbocycles. The second kappa shape index (κ2) is 5.73. The number of hydrogen-bond donors (Lipinski definition) is 0. The molecule has 1 atom stereocenters. The van der Waals surface area contributed by atoms with Crippen LogP contribution in [0.15, 0.2) is 24.3 Å². The van der Waals surface area contributed by atoms with E-state index in [-0.39, 0.29) is 12.7 Å². The number of carbonyl (C=O) groups is 1. The molecule has 0 aliphatic heterocycles. The minimum Gasteiger partial charge on any atom is -0.467 e. The minimum atomic E-state index is -0.395. The summed E-state index contributed by atoms with van der Waals surface area (Å²) >= 11 is 5.97. The number of ether oxygens (including phenoxy) is 2. The number of methoxy groups -OCH3 is 1. The normalized spacial score (nSPS) is 12.2. The van der Waals surface area contributed by atoms with Crippen molar-refractivity contribution in [3.8, 4) is 0 Å². The minimum absolute atomic E-state index is 0.0666. The third-order valence-corrected chi connectivity index (χ3v) is 2.37. The Morgan fingerprint density at radius 3 is 2.73 bits per heavy atom. The molecule has 0 saturated heterocycles. The van der Waals surface area contributed by atoms with Crippen molar-refractivity contribution in [3.05, 3.63) is 34.9 Å². The SMILES string of the molecule is COC(=O)CO[C@H](C)c1ccccc1Cl. The van der Waals surface area contributed by atoms with Crippen LogP contribution in [0, 0.1) is 0 Å². The molecule has 15 heavy (non-hydrogen) atoms. The molecule has 0 unspecified atom stereocenters. The third-order valence-electron chi connectivity index (χ3n) is 2.02. The third kappa shape index (κ3) is 3.53. The molecule has 0 aromatic heterocycles. The summed E-state index contributed by atoms with van der Waals surface area (Å²) in [4.78, 5) is 10.9. The maximum Gasteiger partial charge on any atom is 0.331 e. The van der Waals surface area contributed by atoms with Crippen LogP contribution in [0.3, 0.4) is 0 Å². The van der Waals surface area contributed by atoms with Gasteiger partial charge >= 0.3 is 5.97 Å². The largest absolute Gasteiger partial charge is 0.467 e. The summed E-state index contributed by atoms with van der Waals surface area (Å²) < 4.78 is 9.77. The van der Waals surface area contributed by atoms with Crippen LogP contribution in [0.5, 0.6) is 0 Å². The van der Waals surface area contributed by atoms with Gasteiger partial charge in [0.05, 0.1) is 13.2 Å². The molecule has 0 amide bonds. The molecule has 0 saturated carbocycles. The molecule has 4 heteroatoms. The fraction of sp³-hybridized carbons (Fsp3) is 0.364. The summed E-state index contributed by atoms with van der Waals surface area (Å²) in [7, 11) is 1.33. The lowest BCUT2D eigenvalue weighted by Crippen LogP contribution is -2.12. The Balaban J connectivity index is 2.57. The highest BCUT2D eigenvalue weighted by Crippen LogP contribution is 2.24. The van der Waals surface area contributed by atoms with Crippen LogP contribution < -0.4 is 0 Å². The van der Waals surface area contributed by atoms with Gasteiger partial charge in [0, 0.05) is 5.02 Å². The predicted molar refractivity (Wildman–Crippen MR) is 57.8 cm³/mol. The van der Waals surface area contributed by atoms with Gasteiger partial charge in [0.1, 0.15) is 6.61 Å². The van der Waals surface area contributed by atoms with Crippen LogP contribution >= 0.6 is 11.6 Å². The maximum absolute atomic E-state index is 10.9. The van der Waals surface area contributed by atoms with E-state index in [0.29, 0.717) is 5.02 Å². The quantitative estimate of drug-likeness (QED) is 0.743. The van der Waals surface area contributed by atoms with Crippen molar-refractivity contribution in [1.29, 1.82) is 0 Å². The highest BCUT2D eigenvalue weighted by atomic mass is 35.5. The zero-order valence-electron chi connectivity index (χ0n) is 8.70. The standard InChI is InChI=1S/C11H13ClO3/c1-8(15-7-11(13)14-2)9-5-3-4-6-10(9)12/h3-6,8H,7H2,1-2H3/t8-/m1/s1. The number of carbonyl (C=O) groups excluding carboxylic acids is 1. The Hall–Kier alpha value is -1.06. The molecule has 1 aromatic carbocycles. The van der Waals surface area contributed by atoms with E-state index in [0.717, 1.165) is 5.56 Å². The molecule has 0 radical (unpaired) electrons. The van der Waals surface area contributed by atoms with E-state index in [1.54, 1.807) is 6.07 Å². The second-order valence-corrected chi connectivity index (χ2v) is 3.46. The number of hydrogen-bond acceptors (Lipinski definition) is 3. The van der Waals surface area contributed by atoms with Gasteiger partial charge in [0.2, 0.25) is 0 Å². The first-order valence-electron chi connectivity index (χ1n) is 4.58. The van der Waals surface area contributed by atoms with Gasteiger partial charge in [-0.05, 0) is 18.6 Å².